The number of carbonyl (C=O) groups excluding carboxylic acids is 1. The molecule has 1 fully saturated rings. The highest BCUT2D eigenvalue weighted by Crippen LogP contribution is 2.23. The summed E-state index contributed by atoms with van der Waals surface area (Å²) in [6.45, 7) is 5.50. The second-order valence-corrected chi connectivity index (χ2v) is 6.66. The summed E-state index contributed by atoms with van der Waals surface area (Å²) in [6.07, 6.45) is 4.83. The summed E-state index contributed by atoms with van der Waals surface area (Å²) in [5, 5.41) is 16.5. The van der Waals surface area contributed by atoms with Gasteiger partial charge in [-0.1, -0.05) is 6.42 Å². The van der Waals surface area contributed by atoms with Crippen LogP contribution < -0.4 is 15.4 Å². The number of benzene rings is 1. The Labute approximate surface area is 161 Å². The molecule has 2 rings (SSSR count). The third-order valence-electron chi connectivity index (χ3n) is 4.61. The number of phenols is 1. The molecule has 0 aromatic heterocycles. The highest BCUT2D eigenvalue weighted by Gasteiger charge is 2.15. The average molecular weight is 377 g/mol. The molecule has 1 aromatic carbocycles. The third-order valence-corrected chi connectivity index (χ3v) is 4.61. The number of hydrogen-bond donors (Lipinski definition) is 3. The number of amides is 1. The Kier molecular flexibility index (Phi) is 8.74. The van der Waals surface area contributed by atoms with Gasteiger partial charge in [0.2, 0.25) is 5.91 Å². The molecule has 1 amide bonds. The van der Waals surface area contributed by atoms with Gasteiger partial charge >= 0.3 is 0 Å². The number of nitrogens with one attached hydrogen (secondary N) is 2. The van der Waals surface area contributed by atoms with Crippen molar-refractivity contribution in [3.05, 3.63) is 23.8 Å². The number of hydrogen-bond acceptors (Lipinski definition) is 4. The molecule has 0 unspecified atom stereocenters. The van der Waals surface area contributed by atoms with Gasteiger partial charge in [-0.15, -0.1) is 0 Å². The van der Waals surface area contributed by atoms with Crippen molar-refractivity contribution < 1.29 is 14.6 Å². The Hall–Kier alpha value is -2.44. The molecule has 0 bridgehead atoms. The summed E-state index contributed by atoms with van der Waals surface area (Å²) in [7, 11) is 1.60. The molecule has 1 aromatic rings. The van der Waals surface area contributed by atoms with Crippen LogP contribution in [0.25, 0.3) is 0 Å². The Morgan fingerprint density at radius 2 is 2.15 bits per heavy atom. The second kappa shape index (κ2) is 11.3. The molecular weight excluding hydrogens is 344 g/mol. The number of aliphatic imine (C=N–C) groups is 1. The van der Waals surface area contributed by atoms with Crippen LogP contribution in [0, 0.1) is 0 Å². The van der Waals surface area contributed by atoms with E-state index < -0.39 is 0 Å². The molecule has 150 valence electrons. The van der Waals surface area contributed by atoms with Crippen LogP contribution in [0.3, 0.4) is 0 Å². The van der Waals surface area contributed by atoms with E-state index in [4.69, 9.17) is 4.74 Å². The SMILES string of the molecule is CCNC(=NCc1cc(OC)ccc1O)NCCCN1CCCCCC1=O. The number of methoxy groups -OCH3 is 1. The molecule has 0 atom stereocenters. The van der Waals surface area contributed by atoms with Crippen molar-refractivity contribution in [3.63, 3.8) is 0 Å². The van der Waals surface area contributed by atoms with E-state index in [1.54, 1.807) is 25.3 Å². The number of nitrogens with zero attached hydrogens (tertiary/aromatic N) is 2. The maximum absolute atomic E-state index is 12.0. The van der Waals surface area contributed by atoms with Crippen LogP contribution in [-0.2, 0) is 11.3 Å². The summed E-state index contributed by atoms with van der Waals surface area (Å²) in [4.78, 5) is 18.5. The Bertz CT molecular complexity index is 634. The van der Waals surface area contributed by atoms with E-state index in [0.29, 0.717) is 30.2 Å². The number of guanidine groups is 1. The zero-order valence-electron chi connectivity index (χ0n) is 16.5. The van der Waals surface area contributed by atoms with Gasteiger partial charge in [0.25, 0.3) is 0 Å². The molecule has 1 aliphatic rings. The van der Waals surface area contributed by atoms with Gasteiger partial charge in [0, 0.05) is 38.2 Å². The van der Waals surface area contributed by atoms with Gasteiger partial charge in [-0.05, 0) is 44.4 Å². The molecule has 0 radical (unpaired) electrons. The number of rotatable bonds is 8. The summed E-state index contributed by atoms with van der Waals surface area (Å²) in [5.41, 5.74) is 0.710. The fraction of sp³-hybridized carbons (Fsp3) is 0.600. The summed E-state index contributed by atoms with van der Waals surface area (Å²) < 4.78 is 5.20. The normalized spacial score (nSPS) is 15.4. The first-order chi connectivity index (χ1) is 13.1. The van der Waals surface area contributed by atoms with Crippen molar-refractivity contribution >= 4 is 11.9 Å². The van der Waals surface area contributed by atoms with Gasteiger partial charge in [-0.3, -0.25) is 4.79 Å². The van der Waals surface area contributed by atoms with Gasteiger partial charge in [0.05, 0.1) is 13.7 Å². The third kappa shape index (κ3) is 7.00. The largest absolute Gasteiger partial charge is 0.508 e. The van der Waals surface area contributed by atoms with Crippen LogP contribution in [0.15, 0.2) is 23.2 Å². The predicted molar refractivity (Wildman–Crippen MR) is 107 cm³/mol. The monoisotopic (exact) mass is 376 g/mol. The number of aromatic hydroxyl groups is 1. The smallest absolute Gasteiger partial charge is 0.222 e. The van der Waals surface area contributed by atoms with Gasteiger partial charge in [0.1, 0.15) is 11.5 Å². The lowest BCUT2D eigenvalue weighted by atomic mass is 10.2. The number of ether oxygens (including phenoxy) is 1. The van der Waals surface area contributed by atoms with Crippen molar-refractivity contribution in [1.29, 1.82) is 0 Å². The summed E-state index contributed by atoms with van der Waals surface area (Å²) in [6, 6.07) is 5.12. The molecular formula is C20H32N4O3. The van der Waals surface area contributed by atoms with Gasteiger partial charge < -0.3 is 25.4 Å². The van der Waals surface area contributed by atoms with E-state index in [9.17, 15) is 9.90 Å². The van der Waals surface area contributed by atoms with Crippen LogP contribution in [0.2, 0.25) is 0 Å². The molecule has 7 heteroatoms. The van der Waals surface area contributed by atoms with E-state index in [2.05, 4.69) is 15.6 Å². The lowest BCUT2D eigenvalue weighted by Crippen LogP contribution is -2.39. The van der Waals surface area contributed by atoms with E-state index >= 15 is 0 Å². The van der Waals surface area contributed by atoms with Crippen LogP contribution >= 0.6 is 0 Å². The molecule has 0 spiro atoms. The Morgan fingerprint density at radius 1 is 1.30 bits per heavy atom. The standard InChI is InChI=1S/C20H32N4O3/c1-3-21-20(23-15-16-14-17(27-2)9-10-18(16)25)22-11-7-13-24-12-6-4-5-8-19(24)26/h9-10,14,25H,3-8,11-13,15H2,1-2H3,(H2,21,22,23). The van der Waals surface area contributed by atoms with Crippen LogP contribution in [-0.4, -0.2) is 55.2 Å². The first kappa shape index (κ1) is 20.9. The number of carbonyl (C=O) groups is 1. The first-order valence-corrected chi connectivity index (χ1v) is 9.80. The van der Waals surface area contributed by atoms with Crippen LogP contribution in [0.1, 0.15) is 44.6 Å². The minimum Gasteiger partial charge on any atom is -0.508 e. The van der Waals surface area contributed by atoms with E-state index in [0.717, 1.165) is 51.9 Å². The van der Waals surface area contributed by atoms with Crippen molar-refractivity contribution in [3.8, 4) is 11.5 Å². The van der Waals surface area contributed by atoms with Gasteiger partial charge in [-0.25, -0.2) is 4.99 Å². The zero-order chi connectivity index (χ0) is 19.5. The maximum Gasteiger partial charge on any atom is 0.222 e. The highest BCUT2D eigenvalue weighted by atomic mass is 16.5. The lowest BCUT2D eigenvalue weighted by molar-refractivity contribution is -0.130. The minimum absolute atomic E-state index is 0.204. The molecule has 7 nitrogen and oxygen atoms in total. The Balaban J connectivity index is 1.83. The van der Waals surface area contributed by atoms with E-state index in [-0.39, 0.29) is 11.7 Å². The van der Waals surface area contributed by atoms with E-state index in [1.807, 2.05) is 11.8 Å². The van der Waals surface area contributed by atoms with Crippen molar-refractivity contribution in [2.24, 2.45) is 4.99 Å². The second-order valence-electron chi connectivity index (χ2n) is 6.66. The number of likely N-dealkylation sites (tertiary alicyclic amines) is 1. The van der Waals surface area contributed by atoms with Crippen LogP contribution in [0.4, 0.5) is 0 Å². The highest BCUT2D eigenvalue weighted by molar-refractivity contribution is 5.79. The number of phenolic OH excluding ortho intramolecular Hbond substituents is 1. The molecule has 1 saturated heterocycles. The van der Waals surface area contributed by atoms with Gasteiger partial charge in [0.15, 0.2) is 5.96 Å². The molecule has 0 saturated carbocycles. The molecule has 1 heterocycles. The van der Waals surface area contributed by atoms with E-state index in [1.165, 1.54) is 0 Å². The first-order valence-electron chi connectivity index (χ1n) is 9.80. The molecule has 1 aliphatic heterocycles. The fourth-order valence-electron chi connectivity index (χ4n) is 3.07. The van der Waals surface area contributed by atoms with Crippen LogP contribution in [0.5, 0.6) is 11.5 Å². The Morgan fingerprint density at radius 3 is 2.93 bits per heavy atom. The predicted octanol–water partition coefficient (Wildman–Crippen LogP) is 2.25. The summed E-state index contributed by atoms with van der Waals surface area (Å²) in [5.74, 6) is 1.87. The minimum atomic E-state index is 0.204. The zero-order valence-corrected chi connectivity index (χ0v) is 16.5. The fourth-order valence-corrected chi connectivity index (χ4v) is 3.07. The average Bonchev–Trinajstić information content (AvgIpc) is 2.88. The summed E-state index contributed by atoms with van der Waals surface area (Å²) >= 11 is 0. The van der Waals surface area contributed by atoms with Crippen molar-refractivity contribution in [2.75, 3.05) is 33.3 Å². The maximum atomic E-state index is 12.0. The lowest BCUT2D eigenvalue weighted by Gasteiger charge is -2.20. The van der Waals surface area contributed by atoms with Crippen molar-refractivity contribution in [1.82, 2.24) is 15.5 Å². The molecule has 27 heavy (non-hydrogen) atoms. The quantitative estimate of drug-likeness (QED) is 0.368. The molecule has 0 aliphatic carbocycles. The van der Waals surface area contributed by atoms with Gasteiger partial charge in [-0.2, -0.15) is 0 Å². The topological polar surface area (TPSA) is 86.2 Å². The van der Waals surface area contributed by atoms with Crippen molar-refractivity contribution in [2.45, 2.75) is 45.6 Å². The molecule has 3 N–H and O–H groups in total.